The lowest BCUT2D eigenvalue weighted by Crippen LogP contribution is -2.18. The van der Waals surface area contributed by atoms with Crippen molar-refractivity contribution in [3.63, 3.8) is 0 Å². The van der Waals surface area contributed by atoms with Crippen molar-refractivity contribution in [2.45, 2.75) is 26.4 Å². The normalized spacial score (nSPS) is 10.4. The lowest BCUT2D eigenvalue weighted by Gasteiger charge is -2.09. The van der Waals surface area contributed by atoms with Crippen LogP contribution in [0.15, 0.2) is 24.3 Å². The molecule has 1 rings (SSSR count). The van der Waals surface area contributed by atoms with Crippen molar-refractivity contribution in [1.29, 1.82) is 0 Å². The van der Waals surface area contributed by atoms with Crippen LogP contribution in [0.4, 0.5) is 0 Å². The molecule has 1 aromatic carbocycles. The molecule has 0 heterocycles. The van der Waals surface area contributed by atoms with Gasteiger partial charge in [0.25, 0.3) is 0 Å². The van der Waals surface area contributed by atoms with Gasteiger partial charge < -0.3 is 14.2 Å². The molecule has 0 aliphatic carbocycles. The van der Waals surface area contributed by atoms with Gasteiger partial charge in [-0.2, -0.15) is 0 Å². The molecule has 0 atom stereocenters. The molecular weight excluding hydrogens is 232 g/mol. The molecule has 0 amide bonds. The van der Waals surface area contributed by atoms with Crippen LogP contribution in [0.5, 0.6) is 5.75 Å². The molecule has 0 N–H and O–H groups in total. The van der Waals surface area contributed by atoms with Crippen molar-refractivity contribution in [2.75, 3.05) is 20.3 Å². The number of methoxy groups -OCH3 is 1. The van der Waals surface area contributed by atoms with Crippen molar-refractivity contribution in [3.8, 4) is 5.75 Å². The van der Waals surface area contributed by atoms with Crippen molar-refractivity contribution < 1.29 is 19.0 Å². The average Bonchev–Trinajstić information content (AvgIpc) is 2.34. The highest BCUT2D eigenvalue weighted by atomic mass is 16.6. The van der Waals surface area contributed by atoms with Crippen molar-refractivity contribution in [2.24, 2.45) is 0 Å². The summed E-state index contributed by atoms with van der Waals surface area (Å²) in [4.78, 5) is 11.3. The summed E-state index contributed by atoms with van der Waals surface area (Å²) in [6.07, 6.45) is 0.754. The van der Waals surface area contributed by atoms with E-state index >= 15 is 0 Å². The molecule has 4 nitrogen and oxygen atoms in total. The molecule has 0 saturated carbocycles. The van der Waals surface area contributed by atoms with Gasteiger partial charge in [-0.1, -0.05) is 12.1 Å². The summed E-state index contributed by atoms with van der Waals surface area (Å²) in [6, 6.07) is 7.60. The van der Waals surface area contributed by atoms with E-state index in [9.17, 15) is 4.79 Å². The van der Waals surface area contributed by atoms with Gasteiger partial charge in [0.15, 0.2) is 6.61 Å². The van der Waals surface area contributed by atoms with Crippen molar-refractivity contribution in [1.82, 2.24) is 0 Å². The number of benzene rings is 1. The number of esters is 1. The first-order chi connectivity index (χ1) is 8.61. The van der Waals surface area contributed by atoms with Crippen LogP contribution in [-0.2, 0) is 20.7 Å². The number of carbonyl (C=O) groups excluding carboxylic acids is 1. The minimum absolute atomic E-state index is 0.0599. The molecular formula is C14H20O4. The molecule has 100 valence electrons. The summed E-state index contributed by atoms with van der Waals surface area (Å²) in [5.41, 5.74) is 1.17. The number of hydrogen-bond donors (Lipinski definition) is 0. The van der Waals surface area contributed by atoms with E-state index < -0.39 is 0 Å². The van der Waals surface area contributed by atoms with Crippen LogP contribution < -0.4 is 4.74 Å². The Balaban J connectivity index is 2.37. The maximum Gasteiger partial charge on any atom is 0.344 e. The molecule has 4 heteroatoms. The molecule has 0 bridgehead atoms. The molecule has 0 aromatic heterocycles. The molecule has 0 fully saturated rings. The Hall–Kier alpha value is -1.55. The second kappa shape index (κ2) is 7.71. The third kappa shape index (κ3) is 5.68. The van der Waals surface area contributed by atoms with E-state index in [0.717, 1.165) is 6.42 Å². The van der Waals surface area contributed by atoms with E-state index in [4.69, 9.17) is 14.2 Å². The summed E-state index contributed by atoms with van der Waals surface area (Å²) >= 11 is 0. The minimum Gasteiger partial charge on any atom is -0.482 e. The second-order valence-corrected chi connectivity index (χ2v) is 4.21. The highest BCUT2D eigenvalue weighted by Gasteiger charge is 2.06. The highest BCUT2D eigenvalue weighted by Crippen LogP contribution is 2.12. The zero-order chi connectivity index (χ0) is 13.4. The number of ether oxygens (including phenoxy) is 3. The first kappa shape index (κ1) is 14.5. The monoisotopic (exact) mass is 252 g/mol. The average molecular weight is 252 g/mol. The molecule has 0 saturated heterocycles. The fourth-order valence-corrected chi connectivity index (χ4v) is 1.41. The second-order valence-electron chi connectivity index (χ2n) is 4.21. The van der Waals surface area contributed by atoms with Gasteiger partial charge in [-0.3, -0.25) is 0 Å². The fraction of sp³-hybridized carbons (Fsp3) is 0.500. The first-order valence-electron chi connectivity index (χ1n) is 6.02. The Labute approximate surface area is 108 Å². The van der Waals surface area contributed by atoms with Gasteiger partial charge in [-0.05, 0) is 38.0 Å². The van der Waals surface area contributed by atoms with E-state index in [2.05, 4.69) is 0 Å². The maximum atomic E-state index is 11.3. The summed E-state index contributed by atoms with van der Waals surface area (Å²) in [5, 5.41) is 0. The topological polar surface area (TPSA) is 44.8 Å². The van der Waals surface area contributed by atoms with Crippen LogP contribution in [0.1, 0.15) is 19.4 Å². The van der Waals surface area contributed by atoms with Crippen LogP contribution in [0, 0.1) is 0 Å². The van der Waals surface area contributed by atoms with Gasteiger partial charge in [0.2, 0.25) is 0 Å². The molecule has 0 aliphatic rings. The quantitative estimate of drug-likeness (QED) is 0.698. The first-order valence-corrected chi connectivity index (χ1v) is 6.02. The molecule has 1 aromatic rings. The molecule has 0 spiro atoms. The maximum absolute atomic E-state index is 11.3. The Bertz CT molecular complexity index is 357. The Morgan fingerprint density at radius 1 is 1.22 bits per heavy atom. The van der Waals surface area contributed by atoms with E-state index in [1.54, 1.807) is 7.11 Å². The van der Waals surface area contributed by atoms with Crippen molar-refractivity contribution in [3.05, 3.63) is 29.8 Å². The smallest absolute Gasteiger partial charge is 0.344 e. The van der Waals surface area contributed by atoms with E-state index in [-0.39, 0.29) is 18.7 Å². The Kier molecular flexibility index (Phi) is 6.22. The number of carbonyl (C=O) groups is 1. The van der Waals surface area contributed by atoms with Gasteiger partial charge >= 0.3 is 5.97 Å². The lowest BCUT2D eigenvalue weighted by atomic mass is 10.1. The summed E-state index contributed by atoms with van der Waals surface area (Å²) < 4.78 is 15.3. The van der Waals surface area contributed by atoms with Gasteiger partial charge in [0.05, 0.1) is 12.7 Å². The molecule has 0 radical (unpaired) electrons. The fourth-order valence-electron chi connectivity index (χ4n) is 1.41. The van der Waals surface area contributed by atoms with Crippen LogP contribution in [-0.4, -0.2) is 32.4 Å². The third-order valence-corrected chi connectivity index (χ3v) is 2.24. The lowest BCUT2D eigenvalue weighted by molar-refractivity contribution is -0.149. The minimum atomic E-state index is -0.353. The standard InChI is InChI=1S/C14H20O4/c1-11(2)18-14(15)10-17-13-6-4-12(5-7-13)8-9-16-3/h4-7,11H,8-10H2,1-3H3. The Morgan fingerprint density at radius 2 is 1.89 bits per heavy atom. The van der Waals surface area contributed by atoms with Crippen LogP contribution >= 0.6 is 0 Å². The van der Waals surface area contributed by atoms with Crippen molar-refractivity contribution >= 4 is 5.97 Å². The zero-order valence-corrected chi connectivity index (χ0v) is 11.1. The summed E-state index contributed by atoms with van der Waals surface area (Å²) in [5.74, 6) is 0.310. The number of hydrogen-bond acceptors (Lipinski definition) is 4. The molecule has 0 unspecified atom stereocenters. The highest BCUT2D eigenvalue weighted by molar-refractivity contribution is 5.71. The van der Waals surface area contributed by atoms with Crippen LogP contribution in [0.3, 0.4) is 0 Å². The molecule has 0 aliphatic heterocycles. The number of rotatable bonds is 7. The van der Waals surface area contributed by atoms with E-state index in [1.807, 2.05) is 38.1 Å². The van der Waals surface area contributed by atoms with E-state index in [0.29, 0.717) is 12.4 Å². The molecule has 18 heavy (non-hydrogen) atoms. The summed E-state index contributed by atoms with van der Waals surface area (Å²) in [7, 11) is 1.68. The van der Waals surface area contributed by atoms with E-state index in [1.165, 1.54) is 5.56 Å². The van der Waals surface area contributed by atoms with Gasteiger partial charge in [0, 0.05) is 7.11 Å². The zero-order valence-electron chi connectivity index (χ0n) is 11.1. The predicted molar refractivity (Wildman–Crippen MR) is 68.7 cm³/mol. The summed E-state index contributed by atoms with van der Waals surface area (Å²) in [6.45, 7) is 4.25. The largest absolute Gasteiger partial charge is 0.482 e. The van der Waals surface area contributed by atoms with Gasteiger partial charge in [-0.25, -0.2) is 4.79 Å². The van der Waals surface area contributed by atoms with Gasteiger partial charge in [-0.15, -0.1) is 0 Å². The van der Waals surface area contributed by atoms with Gasteiger partial charge in [0.1, 0.15) is 5.75 Å². The Morgan fingerprint density at radius 3 is 2.44 bits per heavy atom. The third-order valence-electron chi connectivity index (χ3n) is 2.24. The SMILES string of the molecule is COCCc1ccc(OCC(=O)OC(C)C)cc1. The van der Waals surface area contributed by atoms with Crippen LogP contribution in [0.2, 0.25) is 0 Å². The van der Waals surface area contributed by atoms with Crippen LogP contribution in [0.25, 0.3) is 0 Å². The predicted octanol–water partition coefficient (Wildman–Crippen LogP) is 2.21.